The molecule has 0 fully saturated rings. The van der Waals surface area contributed by atoms with E-state index >= 15 is 0 Å². The van der Waals surface area contributed by atoms with E-state index in [9.17, 15) is 15.2 Å². The molecule has 8 heteroatoms. The van der Waals surface area contributed by atoms with Crippen LogP contribution in [0.2, 0.25) is 0 Å². The van der Waals surface area contributed by atoms with E-state index in [1.165, 1.54) is 12.3 Å². The highest BCUT2D eigenvalue weighted by Gasteiger charge is 2.25. The molecule has 2 aromatic heterocycles. The van der Waals surface area contributed by atoms with Gasteiger partial charge in [0.2, 0.25) is 0 Å². The number of hydrogen-bond donors (Lipinski definition) is 2. The van der Waals surface area contributed by atoms with E-state index in [2.05, 4.69) is 15.4 Å². The monoisotopic (exact) mass is 291 g/mol. The fourth-order valence-electron chi connectivity index (χ4n) is 1.90. The smallest absolute Gasteiger partial charge is 0.287 e. The highest BCUT2D eigenvalue weighted by molar-refractivity contribution is 5.48. The van der Waals surface area contributed by atoms with Gasteiger partial charge in [0.15, 0.2) is 0 Å². The molecule has 2 N–H and O–H groups in total. The summed E-state index contributed by atoms with van der Waals surface area (Å²) in [7, 11) is 1.77. The molecule has 0 radical (unpaired) electrons. The van der Waals surface area contributed by atoms with Crippen LogP contribution in [0, 0.1) is 17.0 Å². The molecule has 8 nitrogen and oxygen atoms in total. The van der Waals surface area contributed by atoms with Gasteiger partial charge in [-0.25, -0.2) is 4.98 Å². The van der Waals surface area contributed by atoms with Crippen molar-refractivity contribution in [2.24, 2.45) is 7.05 Å². The van der Waals surface area contributed by atoms with Gasteiger partial charge in [0.1, 0.15) is 17.6 Å². The van der Waals surface area contributed by atoms with E-state index in [4.69, 9.17) is 0 Å². The predicted octanol–water partition coefficient (Wildman–Crippen LogP) is 1.35. The molecule has 1 unspecified atom stereocenters. The standard InChI is InChI=1S/C13H17N5O3/c1-9-4-11(18(20)21)6-14-12(9)15-8-13(2,19)10-5-16-17(3)7-10/h4-7,19H,8H2,1-3H3,(H,14,15). The maximum atomic E-state index is 10.7. The number of aliphatic hydroxyl groups is 1. The van der Waals surface area contributed by atoms with Crippen molar-refractivity contribution in [3.8, 4) is 0 Å². The van der Waals surface area contributed by atoms with E-state index in [0.717, 1.165) is 0 Å². The number of nitrogens with zero attached hydrogens (tertiary/aromatic N) is 4. The van der Waals surface area contributed by atoms with Crippen LogP contribution in [0.3, 0.4) is 0 Å². The summed E-state index contributed by atoms with van der Waals surface area (Å²) in [5.74, 6) is 0.504. The van der Waals surface area contributed by atoms with E-state index in [1.54, 1.807) is 38.0 Å². The lowest BCUT2D eigenvalue weighted by Crippen LogP contribution is -2.30. The van der Waals surface area contributed by atoms with Crippen molar-refractivity contribution in [1.82, 2.24) is 14.8 Å². The Kier molecular flexibility index (Phi) is 3.90. The maximum Gasteiger partial charge on any atom is 0.287 e. The van der Waals surface area contributed by atoms with Gasteiger partial charge < -0.3 is 10.4 Å². The molecule has 21 heavy (non-hydrogen) atoms. The topological polar surface area (TPSA) is 106 Å². The van der Waals surface area contributed by atoms with Crippen molar-refractivity contribution in [3.05, 3.63) is 45.9 Å². The Hall–Kier alpha value is -2.48. The minimum absolute atomic E-state index is 0.0583. The largest absolute Gasteiger partial charge is 0.383 e. The Bertz CT molecular complexity index is 666. The SMILES string of the molecule is Cc1cc([N+](=O)[O-])cnc1NCC(C)(O)c1cnn(C)c1. The van der Waals surface area contributed by atoms with E-state index in [1.807, 2.05) is 0 Å². The van der Waals surface area contributed by atoms with E-state index < -0.39 is 10.5 Å². The van der Waals surface area contributed by atoms with Gasteiger partial charge in [0, 0.05) is 31.4 Å². The summed E-state index contributed by atoms with van der Waals surface area (Å²) < 4.78 is 1.61. The second-order valence-corrected chi connectivity index (χ2v) is 5.15. The zero-order valence-corrected chi connectivity index (χ0v) is 12.1. The van der Waals surface area contributed by atoms with Gasteiger partial charge in [-0.1, -0.05) is 0 Å². The van der Waals surface area contributed by atoms with Gasteiger partial charge in [-0.05, 0) is 19.4 Å². The van der Waals surface area contributed by atoms with Crippen LogP contribution in [0.1, 0.15) is 18.1 Å². The van der Waals surface area contributed by atoms with Gasteiger partial charge in [0.25, 0.3) is 5.69 Å². The van der Waals surface area contributed by atoms with Gasteiger partial charge >= 0.3 is 0 Å². The number of aryl methyl sites for hydroxylation is 2. The average molecular weight is 291 g/mol. The van der Waals surface area contributed by atoms with Crippen LogP contribution in [0.5, 0.6) is 0 Å². The second-order valence-electron chi connectivity index (χ2n) is 5.15. The number of aromatic nitrogens is 3. The van der Waals surface area contributed by atoms with E-state index in [-0.39, 0.29) is 12.2 Å². The quantitative estimate of drug-likeness (QED) is 0.636. The molecule has 0 spiro atoms. The van der Waals surface area contributed by atoms with Crippen molar-refractivity contribution in [2.45, 2.75) is 19.4 Å². The highest BCUT2D eigenvalue weighted by Crippen LogP contribution is 2.22. The lowest BCUT2D eigenvalue weighted by molar-refractivity contribution is -0.385. The van der Waals surface area contributed by atoms with Crippen molar-refractivity contribution in [1.29, 1.82) is 0 Å². The van der Waals surface area contributed by atoms with Gasteiger partial charge in [-0.3, -0.25) is 14.8 Å². The minimum atomic E-state index is -1.12. The Labute approximate surface area is 121 Å². The Balaban J connectivity index is 2.10. The zero-order chi connectivity index (χ0) is 15.6. The highest BCUT2D eigenvalue weighted by atomic mass is 16.6. The van der Waals surface area contributed by atoms with Crippen LogP contribution < -0.4 is 5.32 Å². The third-order valence-corrected chi connectivity index (χ3v) is 3.20. The number of rotatable bonds is 5. The average Bonchev–Trinajstić information content (AvgIpc) is 2.84. The molecule has 0 aliphatic rings. The number of pyridine rings is 1. The third kappa shape index (κ3) is 3.34. The van der Waals surface area contributed by atoms with Crippen molar-refractivity contribution < 1.29 is 10.0 Å². The third-order valence-electron chi connectivity index (χ3n) is 3.20. The molecule has 1 atom stereocenters. The summed E-state index contributed by atoms with van der Waals surface area (Å²) in [5, 5.41) is 28.1. The summed E-state index contributed by atoms with van der Waals surface area (Å²) in [6.07, 6.45) is 4.52. The zero-order valence-electron chi connectivity index (χ0n) is 12.1. The fraction of sp³-hybridized carbons (Fsp3) is 0.385. The molecular formula is C13H17N5O3. The summed E-state index contributed by atoms with van der Waals surface area (Å²) in [6.45, 7) is 3.60. The summed E-state index contributed by atoms with van der Waals surface area (Å²) in [4.78, 5) is 14.2. The molecule has 2 rings (SSSR count). The van der Waals surface area contributed by atoms with Crippen LogP contribution in [-0.4, -0.2) is 31.3 Å². The second kappa shape index (κ2) is 5.49. The molecule has 0 bridgehead atoms. The molecule has 0 saturated carbocycles. The molecule has 0 aromatic carbocycles. The van der Waals surface area contributed by atoms with Crippen LogP contribution >= 0.6 is 0 Å². The first kappa shape index (κ1) is 14.9. The van der Waals surface area contributed by atoms with Crippen molar-refractivity contribution >= 4 is 11.5 Å². The Morgan fingerprint density at radius 2 is 2.24 bits per heavy atom. The first-order valence-corrected chi connectivity index (χ1v) is 6.36. The van der Waals surface area contributed by atoms with Crippen LogP contribution in [-0.2, 0) is 12.6 Å². The normalized spacial score (nSPS) is 13.7. The molecule has 112 valence electrons. The minimum Gasteiger partial charge on any atom is -0.383 e. The van der Waals surface area contributed by atoms with Gasteiger partial charge in [-0.2, -0.15) is 5.10 Å². The molecule has 0 aliphatic carbocycles. The summed E-state index contributed by atoms with van der Waals surface area (Å²) in [5.41, 5.74) is 0.143. The molecule has 0 amide bonds. The number of nitrogens with one attached hydrogen (secondary N) is 1. The molecule has 0 saturated heterocycles. The van der Waals surface area contributed by atoms with Crippen LogP contribution in [0.25, 0.3) is 0 Å². The molecule has 2 heterocycles. The lowest BCUT2D eigenvalue weighted by Gasteiger charge is -2.23. The maximum absolute atomic E-state index is 10.7. The summed E-state index contributed by atoms with van der Waals surface area (Å²) in [6, 6.07) is 1.44. The van der Waals surface area contributed by atoms with Crippen molar-refractivity contribution in [2.75, 3.05) is 11.9 Å². The molecule has 0 aliphatic heterocycles. The number of hydrogen-bond acceptors (Lipinski definition) is 6. The Morgan fingerprint density at radius 3 is 2.76 bits per heavy atom. The molecule has 2 aromatic rings. The fourth-order valence-corrected chi connectivity index (χ4v) is 1.90. The van der Waals surface area contributed by atoms with Gasteiger partial charge in [0.05, 0.1) is 11.1 Å². The van der Waals surface area contributed by atoms with Crippen LogP contribution in [0.4, 0.5) is 11.5 Å². The molecular weight excluding hydrogens is 274 g/mol. The van der Waals surface area contributed by atoms with Gasteiger partial charge in [-0.15, -0.1) is 0 Å². The first-order chi connectivity index (χ1) is 9.79. The number of nitro groups is 1. The summed E-state index contributed by atoms with van der Waals surface area (Å²) >= 11 is 0. The Morgan fingerprint density at radius 1 is 1.52 bits per heavy atom. The number of anilines is 1. The lowest BCUT2D eigenvalue weighted by atomic mass is 10.00. The van der Waals surface area contributed by atoms with E-state index in [0.29, 0.717) is 16.9 Å². The first-order valence-electron chi connectivity index (χ1n) is 6.36. The van der Waals surface area contributed by atoms with Crippen molar-refractivity contribution in [3.63, 3.8) is 0 Å². The van der Waals surface area contributed by atoms with Crippen LogP contribution in [0.15, 0.2) is 24.7 Å². The predicted molar refractivity (Wildman–Crippen MR) is 76.9 cm³/mol.